The summed E-state index contributed by atoms with van der Waals surface area (Å²) in [5.74, 6) is 1.24. The van der Waals surface area contributed by atoms with Gasteiger partial charge in [-0.3, -0.25) is 4.99 Å². The maximum absolute atomic E-state index is 9.89. The number of aryl methyl sites for hydroxylation is 1. The number of fused-ring (bicyclic) bond motifs is 3. The number of nitrogens with zero attached hydrogens (tertiary/aromatic N) is 1. The van der Waals surface area contributed by atoms with Crippen molar-refractivity contribution in [1.82, 2.24) is 0 Å². The summed E-state index contributed by atoms with van der Waals surface area (Å²) in [4.78, 5) is 4.57. The molecule has 162 valence electrons. The monoisotopic (exact) mass is 444 g/mol. The van der Waals surface area contributed by atoms with Crippen LogP contribution in [0.15, 0.2) is 71.7 Å². The third kappa shape index (κ3) is 3.76. The molecule has 0 aromatic heterocycles. The molecule has 32 heavy (non-hydrogen) atoms. The molecule has 0 radical (unpaired) electrons. The third-order valence-electron chi connectivity index (χ3n) is 6.40. The number of hydrogen-bond donors (Lipinski definition) is 2. The summed E-state index contributed by atoms with van der Waals surface area (Å²) in [5, 5.41) is 13.9. The van der Waals surface area contributed by atoms with Crippen LogP contribution in [0.25, 0.3) is 0 Å². The van der Waals surface area contributed by atoms with E-state index in [9.17, 15) is 5.11 Å². The van der Waals surface area contributed by atoms with Crippen LogP contribution in [0.1, 0.15) is 40.6 Å². The Hall–Kier alpha value is -3.24. The summed E-state index contributed by atoms with van der Waals surface area (Å²) in [6.45, 7) is 2.15. The molecular formula is C27H25ClN2O2. The Morgan fingerprint density at radius 2 is 1.94 bits per heavy atom. The van der Waals surface area contributed by atoms with Gasteiger partial charge in [0.25, 0.3) is 0 Å². The fourth-order valence-corrected chi connectivity index (χ4v) is 5.00. The third-order valence-corrected chi connectivity index (χ3v) is 6.69. The van der Waals surface area contributed by atoms with Crippen LogP contribution in [0.2, 0.25) is 5.02 Å². The highest BCUT2D eigenvalue weighted by atomic mass is 35.5. The molecule has 0 unspecified atom stereocenters. The van der Waals surface area contributed by atoms with Crippen LogP contribution in [0, 0.1) is 12.8 Å². The molecule has 0 fully saturated rings. The summed E-state index contributed by atoms with van der Waals surface area (Å²) in [5.41, 5.74) is 6.82. The highest BCUT2D eigenvalue weighted by Gasteiger charge is 2.37. The number of phenolic OH excluding ortho intramolecular Hbond substituents is 1. The fraction of sp³-hybridized carbons (Fsp3) is 0.222. The van der Waals surface area contributed by atoms with Gasteiger partial charge < -0.3 is 15.2 Å². The summed E-state index contributed by atoms with van der Waals surface area (Å²) >= 11 is 6.07. The molecule has 1 aliphatic heterocycles. The predicted molar refractivity (Wildman–Crippen MR) is 131 cm³/mol. The normalized spacial score (nSPS) is 21.3. The minimum Gasteiger partial charge on any atom is -0.503 e. The van der Waals surface area contributed by atoms with Gasteiger partial charge in [0.15, 0.2) is 11.5 Å². The van der Waals surface area contributed by atoms with Gasteiger partial charge in [0, 0.05) is 17.8 Å². The average Bonchev–Trinajstić information content (AvgIpc) is 3.30. The summed E-state index contributed by atoms with van der Waals surface area (Å²) < 4.78 is 5.16. The number of nitrogens with one attached hydrogen (secondary N) is 1. The maximum atomic E-state index is 9.89. The van der Waals surface area contributed by atoms with E-state index < -0.39 is 0 Å². The van der Waals surface area contributed by atoms with Crippen molar-refractivity contribution in [1.29, 1.82) is 0 Å². The van der Waals surface area contributed by atoms with Gasteiger partial charge in [0.1, 0.15) is 0 Å². The predicted octanol–water partition coefficient (Wildman–Crippen LogP) is 6.94. The van der Waals surface area contributed by atoms with Crippen molar-refractivity contribution in [3.8, 4) is 11.5 Å². The molecule has 5 heteroatoms. The zero-order chi connectivity index (χ0) is 22.2. The minimum atomic E-state index is -0.0629. The Labute approximate surface area is 193 Å². The van der Waals surface area contributed by atoms with Crippen LogP contribution in [0.5, 0.6) is 11.5 Å². The summed E-state index contributed by atoms with van der Waals surface area (Å²) in [6.07, 6.45) is 7.49. The van der Waals surface area contributed by atoms with E-state index in [1.807, 2.05) is 12.1 Å². The van der Waals surface area contributed by atoms with Gasteiger partial charge in [0.2, 0.25) is 0 Å². The van der Waals surface area contributed by atoms with Gasteiger partial charge in [-0.2, -0.15) is 0 Å². The first-order valence-corrected chi connectivity index (χ1v) is 11.2. The van der Waals surface area contributed by atoms with Crippen LogP contribution in [-0.2, 0) is 0 Å². The van der Waals surface area contributed by atoms with Crippen molar-refractivity contribution < 1.29 is 9.84 Å². The van der Waals surface area contributed by atoms with E-state index in [1.165, 1.54) is 29.5 Å². The van der Waals surface area contributed by atoms with Crippen molar-refractivity contribution in [3.63, 3.8) is 0 Å². The number of allylic oxidation sites excluding steroid dienone is 2. The van der Waals surface area contributed by atoms with Gasteiger partial charge in [-0.1, -0.05) is 53.6 Å². The molecule has 1 aliphatic carbocycles. The highest BCUT2D eigenvalue weighted by molar-refractivity contribution is 6.32. The molecule has 0 bridgehead atoms. The first-order chi connectivity index (χ1) is 15.5. The van der Waals surface area contributed by atoms with Crippen molar-refractivity contribution in [2.45, 2.75) is 25.3 Å². The average molecular weight is 445 g/mol. The number of methoxy groups -OCH3 is 1. The Kier molecular flexibility index (Phi) is 5.40. The number of anilines is 1. The van der Waals surface area contributed by atoms with Gasteiger partial charge in [-0.15, -0.1) is 0 Å². The number of ether oxygens (including phenoxy) is 1. The maximum Gasteiger partial charge on any atom is 0.176 e. The van der Waals surface area contributed by atoms with E-state index in [-0.39, 0.29) is 16.8 Å². The molecule has 0 saturated heterocycles. The number of rotatable bonds is 4. The molecule has 0 saturated carbocycles. The van der Waals surface area contributed by atoms with Crippen molar-refractivity contribution in [2.24, 2.45) is 10.9 Å². The zero-order valence-corrected chi connectivity index (χ0v) is 18.8. The van der Waals surface area contributed by atoms with Crippen LogP contribution >= 0.6 is 11.6 Å². The van der Waals surface area contributed by atoms with E-state index >= 15 is 0 Å². The van der Waals surface area contributed by atoms with E-state index in [4.69, 9.17) is 16.3 Å². The minimum absolute atomic E-state index is 0.0629. The Morgan fingerprint density at radius 1 is 1.12 bits per heavy atom. The van der Waals surface area contributed by atoms with Gasteiger partial charge >= 0.3 is 0 Å². The number of benzene rings is 3. The number of hydrogen-bond acceptors (Lipinski definition) is 4. The van der Waals surface area contributed by atoms with Crippen molar-refractivity contribution >= 4 is 29.2 Å². The quantitative estimate of drug-likeness (QED) is 0.338. The second kappa shape index (κ2) is 8.36. The summed E-state index contributed by atoms with van der Waals surface area (Å²) in [6, 6.07) is 18.7. The SMILES string of the molecule is COc1cc(C=Nc2ccc([C@@H]3Nc4ccc(C)cc4[C@H]4C=CC[C@@H]43)cc2)cc(Cl)c1O. The molecule has 3 aromatic rings. The van der Waals surface area contributed by atoms with Gasteiger partial charge in [0.05, 0.1) is 23.9 Å². The lowest BCUT2D eigenvalue weighted by atomic mass is 9.76. The second-order valence-electron chi connectivity index (χ2n) is 8.47. The Bertz CT molecular complexity index is 1220. The largest absolute Gasteiger partial charge is 0.503 e. The number of halogens is 1. The number of aliphatic imine (C=N–C) groups is 1. The molecular weight excluding hydrogens is 420 g/mol. The molecule has 3 aromatic carbocycles. The first kappa shape index (κ1) is 20.7. The lowest BCUT2D eigenvalue weighted by molar-refractivity contribution is 0.373. The fourth-order valence-electron chi connectivity index (χ4n) is 4.78. The van der Waals surface area contributed by atoms with Crippen LogP contribution in [0.3, 0.4) is 0 Å². The Morgan fingerprint density at radius 3 is 2.72 bits per heavy atom. The topological polar surface area (TPSA) is 53.8 Å². The van der Waals surface area contributed by atoms with Crippen molar-refractivity contribution in [3.05, 3.63) is 94.0 Å². The van der Waals surface area contributed by atoms with E-state index in [0.717, 1.165) is 17.7 Å². The Balaban J connectivity index is 1.38. The standard InChI is InChI=1S/C27H25ClN2O2/c1-16-6-11-24-22(12-16)20-4-3-5-21(20)26(30-24)18-7-9-19(10-8-18)29-15-17-13-23(28)27(31)25(14-17)32-2/h3-4,6-15,20-21,26,30-31H,5H2,1-2H3/t20-,21-,26-/m0/s1. The number of aromatic hydroxyl groups is 1. The van der Waals surface area contributed by atoms with Gasteiger partial charge in [-0.05, 0) is 66.3 Å². The van der Waals surface area contributed by atoms with Crippen molar-refractivity contribution in [2.75, 3.05) is 12.4 Å². The highest BCUT2D eigenvalue weighted by Crippen LogP contribution is 2.50. The number of phenols is 1. The van der Waals surface area contributed by atoms with Crippen LogP contribution in [-0.4, -0.2) is 18.4 Å². The molecule has 5 rings (SSSR count). The van der Waals surface area contributed by atoms with E-state index in [1.54, 1.807) is 18.3 Å². The zero-order valence-electron chi connectivity index (χ0n) is 18.0. The van der Waals surface area contributed by atoms with Crippen LogP contribution in [0.4, 0.5) is 11.4 Å². The molecule has 2 N–H and O–H groups in total. The molecule has 3 atom stereocenters. The van der Waals surface area contributed by atoms with Crippen LogP contribution < -0.4 is 10.1 Å². The lowest BCUT2D eigenvalue weighted by Gasteiger charge is -2.37. The molecule has 0 spiro atoms. The molecule has 2 aliphatic rings. The van der Waals surface area contributed by atoms with E-state index in [0.29, 0.717) is 17.6 Å². The lowest BCUT2D eigenvalue weighted by Crippen LogP contribution is -2.29. The molecule has 4 nitrogen and oxygen atoms in total. The van der Waals surface area contributed by atoms with E-state index in [2.05, 4.69) is 59.7 Å². The first-order valence-electron chi connectivity index (χ1n) is 10.8. The molecule has 0 amide bonds. The summed E-state index contributed by atoms with van der Waals surface area (Å²) in [7, 11) is 1.49. The smallest absolute Gasteiger partial charge is 0.176 e. The second-order valence-corrected chi connectivity index (χ2v) is 8.88. The van der Waals surface area contributed by atoms with Gasteiger partial charge in [-0.25, -0.2) is 0 Å². The molecule has 1 heterocycles.